The zero-order valence-electron chi connectivity index (χ0n) is 14.7. The molecule has 0 radical (unpaired) electrons. The van der Waals surface area contributed by atoms with Crippen LogP contribution in [-0.4, -0.2) is 44.0 Å². The van der Waals surface area contributed by atoms with Gasteiger partial charge in [0.15, 0.2) is 0 Å². The van der Waals surface area contributed by atoms with Crippen LogP contribution in [-0.2, 0) is 11.2 Å². The number of anilines is 1. The molecule has 24 heavy (non-hydrogen) atoms. The number of aromatic nitrogens is 4. The lowest BCUT2D eigenvalue weighted by Crippen LogP contribution is -2.34. The minimum Gasteiger partial charge on any atom is -0.366 e. The van der Waals surface area contributed by atoms with Crippen molar-refractivity contribution in [2.75, 3.05) is 19.3 Å². The molecule has 0 spiro atoms. The fourth-order valence-corrected chi connectivity index (χ4v) is 3.62. The highest BCUT2D eigenvalue weighted by Crippen LogP contribution is 2.24. The number of likely N-dealkylation sites (N-methyl/N-ethyl adjacent to an activating group) is 1. The Labute approximate surface area is 142 Å². The molecule has 0 atom stereocenters. The second-order valence-electron chi connectivity index (χ2n) is 6.90. The molecule has 1 amide bonds. The Bertz CT molecular complexity index is 747. The van der Waals surface area contributed by atoms with Crippen molar-refractivity contribution >= 4 is 17.6 Å². The van der Waals surface area contributed by atoms with Gasteiger partial charge in [0.2, 0.25) is 11.9 Å². The summed E-state index contributed by atoms with van der Waals surface area (Å²) in [5, 5.41) is 4.16. The van der Waals surface area contributed by atoms with Crippen LogP contribution in [0.4, 0.5) is 5.95 Å². The zero-order valence-corrected chi connectivity index (χ0v) is 14.7. The molecule has 1 aliphatic rings. The number of nitrogen functional groups attached to an aromatic ring is 1. The van der Waals surface area contributed by atoms with Crippen molar-refractivity contribution in [3.05, 3.63) is 17.0 Å². The Balaban J connectivity index is 1.74. The van der Waals surface area contributed by atoms with E-state index in [-0.39, 0.29) is 11.9 Å². The molecular weight excluding hydrogens is 304 g/mol. The van der Waals surface area contributed by atoms with Crippen molar-refractivity contribution in [1.82, 2.24) is 24.5 Å². The van der Waals surface area contributed by atoms with E-state index in [1.165, 1.54) is 32.1 Å². The lowest BCUT2D eigenvalue weighted by Gasteiger charge is -2.27. The largest absolute Gasteiger partial charge is 0.366 e. The first-order valence-electron chi connectivity index (χ1n) is 8.68. The predicted octanol–water partition coefficient (Wildman–Crippen LogP) is 1.90. The molecule has 7 heteroatoms. The molecule has 2 heterocycles. The number of aryl methyl sites for hydroxylation is 2. The van der Waals surface area contributed by atoms with Gasteiger partial charge in [0.1, 0.15) is 0 Å². The maximum absolute atomic E-state index is 12.7. The number of carbonyl (C=O) groups is 1. The van der Waals surface area contributed by atoms with Crippen LogP contribution >= 0.6 is 0 Å². The zero-order chi connectivity index (χ0) is 17.3. The van der Waals surface area contributed by atoms with Gasteiger partial charge in [-0.05, 0) is 32.6 Å². The molecule has 1 saturated carbocycles. The average molecular weight is 330 g/mol. The number of rotatable bonds is 4. The van der Waals surface area contributed by atoms with E-state index in [0.717, 1.165) is 23.5 Å². The summed E-state index contributed by atoms with van der Waals surface area (Å²) in [6, 6.07) is 0. The number of nitrogens with zero attached hydrogens (tertiary/aromatic N) is 5. The minimum atomic E-state index is 0.126. The smallest absolute Gasteiger partial charge is 0.254 e. The maximum Gasteiger partial charge on any atom is 0.254 e. The molecule has 2 aromatic rings. The number of nitrogens with two attached hydrogens (primary N) is 1. The van der Waals surface area contributed by atoms with E-state index in [1.807, 2.05) is 25.8 Å². The predicted molar refractivity (Wildman–Crippen MR) is 92.6 cm³/mol. The summed E-state index contributed by atoms with van der Waals surface area (Å²) in [6.45, 7) is 4.68. The highest BCUT2D eigenvalue weighted by molar-refractivity contribution is 5.79. The van der Waals surface area contributed by atoms with Crippen molar-refractivity contribution in [2.45, 2.75) is 52.4 Å². The molecule has 2 N–H and O–H groups in total. The third kappa shape index (κ3) is 3.34. The van der Waals surface area contributed by atoms with Crippen LogP contribution in [0.1, 0.15) is 49.1 Å². The summed E-state index contributed by atoms with van der Waals surface area (Å²) in [5.41, 5.74) is 8.25. The molecule has 2 aromatic heterocycles. The highest BCUT2D eigenvalue weighted by Gasteiger charge is 2.21. The Morgan fingerprint density at radius 3 is 2.67 bits per heavy atom. The van der Waals surface area contributed by atoms with Crippen molar-refractivity contribution < 1.29 is 4.79 Å². The first kappa shape index (κ1) is 16.7. The Morgan fingerprint density at radius 1 is 1.25 bits per heavy atom. The molecular formula is C17H26N6O. The van der Waals surface area contributed by atoms with E-state index < -0.39 is 0 Å². The van der Waals surface area contributed by atoms with Crippen LogP contribution in [0, 0.1) is 19.8 Å². The second-order valence-corrected chi connectivity index (χ2v) is 6.90. The molecule has 7 nitrogen and oxygen atoms in total. The Hall–Kier alpha value is -2.18. The van der Waals surface area contributed by atoms with E-state index in [4.69, 9.17) is 5.73 Å². The Morgan fingerprint density at radius 2 is 1.96 bits per heavy atom. The SMILES string of the molecule is Cc1nc2nc(N)nn2c(C)c1CC(=O)N(C)CC1CCCCC1. The van der Waals surface area contributed by atoms with E-state index in [0.29, 0.717) is 18.1 Å². The van der Waals surface area contributed by atoms with Crippen molar-refractivity contribution in [2.24, 2.45) is 5.92 Å². The van der Waals surface area contributed by atoms with Gasteiger partial charge in [-0.15, -0.1) is 5.10 Å². The fourth-order valence-electron chi connectivity index (χ4n) is 3.62. The second kappa shape index (κ2) is 6.75. The van der Waals surface area contributed by atoms with Crippen LogP contribution in [0.3, 0.4) is 0 Å². The van der Waals surface area contributed by atoms with Gasteiger partial charge in [0, 0.05) is 30.5 Å². The van der Waals surface area contributed by atoms with E-state index in [9.17, 15) is 4.79 Å². The maximum atomic E-state index is 12.7. The average Bonchev–Trinajstić information content (AvgIpc) is 2.92. The quantitative estimate of drug-likeness (QED) is 0.925. The third-order valence-corrected chi connectivity index (χ3v) is 5.08. The van der Waals surface area contributed by atoms with Gasteiger partial charge in [-0.3, -0.25) is 4.79 Å². The molecule has 0 saturated heterocycles. The van der Waals surface area contributed by atoms with Gasteiger partial charge in [-0.1, -0.05) is 19.3 Å². The van der Waals surface area contributed by atoms with Crippen LogP contribution in [0.15, 0.2) is 0 Å². The molecule has 1 aliphatic carbocycles. The van der Waals surface area contributed by atoms with Crippen molar-refractivity contribution in [3.8, 4) is 0 Å². The van der Waals surface area contributed by atoms with Gasteiger partial charge in [0.05, 0.1) is 6.42 Å². The summed E-state index contributed by atoms with van der Waals surface area (Å²) < 4.78 is 1.62. The number of amides is 1. The van der Waals surface area contributed by atoms with Gasteiger partial charge in [-0.2, -0.15) is 9.50 Å². The number of hydrogen-bond acceptors (Lipinski definition) is 5. The Kier molecular flexibility index (Phi) is 4.69. The van der Waals surface area contributed by atoms with E-state index in [2.05, 4.69) is 15.1 Å². The van der Waals surface area contributed by atoms with Crippen molar-refractivity contribution in [3.63, 3.8) is 0 Å². The number of carbonyl (C=O) groups excluding carboxylic acids is 1. The molecule has 3 rings (SSSR count). The molecule has 0 aromatic carbocycles. The van der Waals surface area contributed by atoms with Gasteiger partial charge in [-0.25, -0.2) is 4.98 Å². The molecule has 0 unspecified atom stereocenters. The summed E-state index contributed by atoms with van der Waals surface area (Å²) in [6.07, 6.45) is 6.73. The number of fused-ring (bicyclic) bond motifs is 1. The van der Waals surface area contributed by atoms with Crippen LogP contribution in [0.5, 0.6) is 0 Å². The first-order valence-corrected chi connectivity index (χ1v) is 8.68. The summed E-state index contributed by atoms with van der Waals surface area (Å²) >= 11 is 0. The number of hydrogen-bond donors (Lipinski definition) is 1. The van der Waals surface area contributed by atoms with Gasteiger partial charge >= 0.3 is 0 Å². The summed E-state index contributed by atoms with van der Waals surface area (Å²) in [7, 11) is 1.90. The highest BCUT2D eigenvalue weighted by atomic mass is 16.2. The summed E-state index contributed by atoms with van der Waals surface area (Å²) in [5.74, 6) is 1.45. The van der Waals surface area contributed by atoms with Crippen LogP contribution in [0.25, 0.3) is 5.78 Å². The molecule has 130 valence electrons. The van der Waals surface area contributed by atoms with Crippen molar-refractivity contribution in [1.29, 1.82) is 0 Å². The summed E-state index contributed by atoms with van der Waals surface area (Å²) in [4.78, 5) is 23.0. The third-order valence-electron chi connectivity index (χ3n) is 5.08. The molecule has 0 aliphatic heterocycles. The van der Waals surface area contributed by atoms with Gasteiger partial charge in [0.25, 0.3) is 5.78 Å². The standard InChI is InChI=1S/C17H26N6O/c1-11-14(12(2)23-17(19-11)20-16(18)21-23)9-15(24)22(3)10-13-7-5-4-6-8-13/h13H,4-10H2,1-3H3,(H2,18,21). The lowest BCUT2D eigenvalue weighted by atomic mass is 9.89. The molecule has 1 fully saturated rings. The van der Waals surface area contributed by atoms with Crippen LogP contribution in [0.2, 0.25) is 0 Å². The van der Waals surface area contributed by atoms with E-state index in [1.54, 1.807) is 4.52 Å². The first-order chi connectivity index (χ1) is 11.5. The van der Waals surface area contributed by atoms with Crippen LogP contribution < -0.4 is 5.73 Å². The minimum absolute atomic E-state index is 0.126. The normalized spacial score (nSPS) is 15.8. The van der Waals surface area contributed by atoms with Gasteiger partial charge < -0.3 is 10.6 Å². The molecule has 0 bridgehead atoms. The lowest BCUT2D eigenvalue weighted by molar-refractivity contribution is -0.129. The van der Waals surface area contributed by atoms with E-state index >= 15 is 0 Å². The topological polar surface area (TPSA) is 89.4 Å². The fraction of sp³-hybridized carbons (Fsp3) is 0.647. The monoisotopic (exact) mass is 330 g/mol.